The molecule has 0 bridgehead atoms. The second-order valence-electron chi connectivity index (χ2n) is 4.61. The highest BCUT2D eigenvalue weighted by molar-refractivity contribution is 5.75. The third-order valence-corrected chi connectivity index (χ3v) is 3.05. The molecular formula is C15H23NO3. The van der Waals surface area contributed by atoms with Crippen molar-refractivity contribution in [2.45, 2.75) is 33.2 Å². The van der Waals surface area contributed by atoms with Gasteiger partial charge in [0.2, 0.25) is 0 Å². The Morgan fingerprint density at radius 2 is 2.00 bits per heavy atom. The molecule has 0 atom stereocenters. The molecule has 0 heterocycles. The van der Waals surface area contributed by atoms with Gasteiger partial charge in [-0.1, -0.05) is 0 Å². The summed E-state index contributed by atoms with van der Waals surface area (Å²) in [7, 11) is 3.31. The second-order valence-corrected chi connectivity index (χ2v) is 4.61. The number of benzene rings is 1. The van der Waals surface area contributed by atoms with Crippen LogP contribution in [-0.4, -0.2) is 26.5 Å². The average Bonchev–Trinajstić information content (AvgIpc) is 2.38. The summed E-state index contributed by atoms with van der Waals surface area (Å²) in [5, 5.41) is 3.34. The lowest BCUT2D eigenvalue weighted by molar-refractivity contribution is -0.117. The molecule has 1 aromatic carbocycles. The number of Topliss-reactive ketones (excluding diaryl/α,β-unsaturated/α-hetero) is 1. The van der Waals surface area contributed by atoms with Crippen molar-refractivity contribution in [3.8, 4) is 11.5 Å². The lowest BCUT2D eigenvalue weighted by Gasteiger charge is -2.14. The minimum atomic E-state index is 0.236. The van der Waals surface area contributed by atoms with Crippen LogP contribution in [0.1, 0.15) is 30.9 Å². The van der Waals surface area contributed by atoms with Crippen LogP contribution in [0.4, 0.5) is 0 Å². The normalized spacial score (nSPS) is 10.3. The number of hydrogen-bond acceptors (Lipinski definition) is 4. The zero-order valence-corrected chi connectivity index (χ0v) is 12.2. The monoisotopic (exact) mass is 265 g/mol. The minimum Gasteiger partial charge on any atom is -0.497 e. The summed E-state index contributed by atoms with van der Waals surface area (Å²) in [5.41, 5.74) is 2.27. The van der Waals surface area contributed by atoms with Gasteiger partial charge in [-0.25, -0.2) is 0 Å². The SMILES string of the molecule is COc1cc(C)c(CNCCCC(C)=O)c(OC)c1. The van der Waals surface area contributed by atoms with Crippen LogP contribution in [0, 0.1) is 6.92 Å². The van der Waals surface area contributed by atoms with Crippen molar-refractivity contribution in [2.24, 2.45) is 0 Å². The number of ketones is 1. The molecule has 1 rings (SSSR count). The van der Waals surface area contributed by atoms with E-state index >= 15 is 0 Å². The van der Waals surface area contributed by atoms with Crippen molar-refractivity contribution < 1.29 is 14.3 Å². The molecule has 0 aliphatic rings. The lowest BCUT2D eigenvalue weighted by atomic mass is 10.1. The molecule has 0 fully saturated rings. The van der Waals surface area contributed by atoms with E-state index in [1.807, 2.05) is 19.1 Å². The predicted molar refractivity (Wildman–Crippen MR) is 75.9 cm³/mol. The van der Waals surface area contributed by atoms with E-state index in [-0.39, 0.29) is 5.78 Å². The Labute approximate surface area is 115 Å². The summed E-state index contributed by atoms with van der Waals surface area (Å²) in [6, 6.07) is 3.88. The van der Waals surface area contributed by atoms with E-state index in [1.54, 1.807) is 21.1 Å². The molecular weight excluding hydrogens is 242 g/mol. The van der Waals surface area contributed by atoms with Crippen LogP contribution in [-0.2, 0) is 11.3 Å². The van der Waals surface area contributed by atoms with Gasteiger partial charge in [0.25, 0.3) is 0 Å². The Morgan fingerprint density at radius 3 is 2.58 bits per heavy atom. The minimum absolute atomic E-state index is 0.236. The van der Waals surface area contributed by atoms with Crippen LogP contribution in [0.2, 0.25) is 0 Å². The van der Waals surface area contributed by atoms with E-state index in [4.69, 9.17) is 9.47 Å². The van der Waals surface area contributed by atoms with Crippen LogP contribution in [0.25, 0.3) is 0 Å². The zero-order chi connectivity index (χ0) is 14.3. The van der Waals surface area contributed by atoms with Crippen LogP contribution in [0.5, 0.6) is 11.5 Å². The molecule has 1 N–H and O–H groups in total. The third-order valence-electron chi connectivity index (χ3n) is 3.05. The third kappa shape index (κ3) is 4.91. The van der Waals surface area contributed by atoms with Crippen molar-refractivity contribution in [1.29, 1.82) is 0 Å². The molecule has 0 amide bonds. The summed E-state index contributed by atoms with van der Waals surface area (Å²) < 4.78 is 10.6. The van der Waals surface area contributed by atoms with E-state index in [0.717, 1.165) is 42.1 Å². The smallest absolute Gasteiger partial charge is 0.129 e. The molecule has 1 aromatic rings. The first-order chi connectivity index (χ1) is 9.08. The Bertz CT molecular complexity index is 430. The zero-order valence-electron chi connectivity index (χ0n) is 12.2. The molecule has 19 heavy (non-hydrogen) atoms. The van der Waals surface area contributed by atoms with Gasteiger partial charge in [0, 0.05) is 24.6 Å². The molecule has 0 radical (unpaired) electrons. The number of aryl methyl sites for hydroxylation is 1. The highest BCUT2D eigenvalue weighted by Gasteiger charge is 2.09. The fraction of sp³-hybridized carbons (Fsp3) is 0.533. The van der Waals surface area contributed by atoms with Gasteiger partial charge in [-0.2, -0.15) is 0 Å². The van der Waals surface area contributed by atoms with E-state index in [2.05, 4.69) is 5.32 Å². The number of carbonyl (C=O) groups excluding carboxylic acids is 1. The van der Waals surface area contributed by atoms with Crippen molar-refractivity contribution in [1.82, 2.24) is 5.32 Å². The van der Waals surface area contributed by atoms with Gasteiger partial charge in [-0.3, -0.25) is 0 Å². The molecule has 0 spiro atoms. The van der Waals surface area contributed by atoms with Crippen LogP contribution in [0.15, 0.2) is 12.1 Å². The van der Waals surface area contributed by atoms with Gasteiger partial charge in [-0.05, 0) is 38.4 Å². The van der Waals surface area contributed by atoms with E-state index in [0.29, 0.717) is 6.42 Å². The summed E-state index contributed by atoms with van der Waals surface area (Å²) in [5.74, 6) is 1.87. The molecule has 0 saturated carbocycles. The van der Waals surface area contributed by atoms with Crippen molar-refractivity contribution in [3.63, 3.8) is 0 Å². The Kier molecular flexibility index (Phi) is 6.36. The van der Waals surface area contributed by atoms with Gasteiger partial charge >= 0.3 is 0 Å². The maximum atomic E-state index is 10.8. The molecule has 0 aliphatic heterocycles. The number of methoxy groups -OCH3 is 2. The quantitative estimate of drug-likeness (QED) is 0.734. The standard InChI is InChI=1S/C15H23NO3/c1-11-8-13(18-3)9-15(19-4)14(11)10-16-7-5-6-12(2)17/h8-9,16H,5-7,10H2,1-4H3. The van der Waals surface area contributed by atoms with Gasteiger partial charge < -0.3 is 19.6 Å². The molecule has 4 heteroatoms. The fourth-order valence-corrected chi connectivity index (χ4v) is 1.96. The molecule has 106 valence electrons. The van der Waals surface area contributed by atoms with Crippen molar-refractivity contribution in [2.75, 3.05) is 20.8 Å². The number of hydrogen-bond donors (Lipinski definition) is 1. The summed E-state index contributed by atoms with van der Waals surface area (Å²) in [4.78, 5) is 10.8. The van der Waals surface area contributed by atoms with E-state index in [9.17, 15) is 4.79 Å². The second kappa shape index (κ2) is 7.79. The van der Waals surface area contributed by atoms with Crippen LogP contribution >= 0.6 is 0 Å². The highest BCUT2D eigenvalue weighted by atomic mass is 16.5. The first kappa shape index (κ1) is 15.5. The van der Waals surface area contributed by atoms with Gasteiger partial charge in [0.1, 0.15) is 17.3 Å². The van der Waals surface area contributed by atoms with Crippen LogP contribution < -0.4 is 14.8 Å². The Morgan fingerprint density at radius 1 is 1.26 bits per heavy atom. The molecule has 4 nitrogen and oxygen atoms in total. The number of nitrogens with one attached hydrogen (secondary N) is 1. The summed E-state index contributed by atoms with van der Waals surface area (Å²) >= 11 is 0. The Balaban J connectivity index is 2.59. The van der Waals surface area contributed by atoms with Crippen LogP contribution in [0.3, 0.4) is 0 Å². The number of ether oxygens (including phenoxy) is 2. The summed E-state index contributed by atoms with van der Waals surface area (Å²) in [6.07, 6.45) is 1.50. The largest absolute Gasteiger partial charge is 0.497 e. The number of carbonyl (C=O) groups is 1. The molecule has 0 unspecified atom stereocenters. The fourth-order valence-electron chi connectivity index (χ4n) is 1.96. The van der Waals surface area contributed by atoms with Crippen molar-refractivity contribution in [3.05, 3.63) is 23.3 Å². The Hall–Kier alpha value is -1.55. The van der Waals surface area contributed by atoms with Gasteiger partial charge in [-0.15, -0.1) is 0 Å². The van der Waals surface area contributed by atoms with E-state index < -0.39 is 0 Å². The topological polar surface area (TPSA) is 47.6 Å². The first-order valence-electron chi connectivity index (χ1n) is 6.50. The maximum absolute atomic E-state index is 10.8. The van der Waals surface area contributed by atoms with Gasteiger partial charge in [0.05, 0.1) is 14.2 Å². The average molecular weight is 265 g/mol. The molecule has 0 saturated heterocycles. The molecule has 0 aromatic heterocycles. The summed E-state index contributed by atoms with van der Waals surface area (Å²) in [6.45, 7) is 5.22. The molecule has 0 aliphatic carbocycles. The van der Waals surface area contributed by atoms with E-state index in [1.165, 1.54) is 0 Å². The lowest BCUT2D eigenvalue weighted by Crippen LogP contribution is -2.16. The van der Waals surface area contributed by atoms with Crippen molar-refractivity contribution >= 4 is 5.78 Å². The number of rotatable bonds is 8. The predicted octanol–water partition coefficient (Wildman–Crippen LogP) is 2.47. The first-order valence-corrected chi connectivity index (χ1v) is 6.50. The maximum Gasteiger partial charge on any atom is 0.129 e. The van der Waals surface area contributed by atoms with Gasteiger partial charge in [0.15, 0.2) is 0 Å². The highest BCUT2D eigenvalue weighted by Crippen LogP contribution is 2.28.